The first-order valence-corrected chi connectivity index (χ1v) is 12.6. The minimum Gasteiger partial charge on any atom is -0.386 e. The van der Waals surface area contributed by atoms with Crippen molar-refractivity contribution in [2.45, 2.75) is 32.3 Å². The number of nitrogens with one attached hydrogen (secondary N) is 3. The van der Waals surface area contributed by atoms with Crippen molar-refractivity contribution in [1.29, 1.82) is 0 Å². The van der Waals surface area contributed by atoms with Crippen LogP contribution in [0.3, 0.4) is 0 Å². The summed E-state index contributed by atoms with van der Waals surface area (Å²) < 4.78 is 28.0. The third-order valence-electron chi connectivity index (χ3n) is 5.02. The number of aliphatic hydroxyl groups is 1. The number of halogens is 1. The summed E-state index contributed by atoms with van der Waals surface area (Å²) in [5, 5.41) is 17.7. The smallest absolute Gasteiger partial charge is 0.213 e. The molecular weight excluding hydrogens is 535 g/mol. The van der Waals surface area contributed by atoms with Crippen LogP contribution in [0.2, 0.25) is 0 Å². The maximum atomic E-state index is 12.1. The van der Waals surface area contributed by atoms with Gasteiger partial charge in [-0.05, 0) is 43.2 Å². The van der Waals surface area contributed by atoms with Gasteiger partial charge in [0.05, 0.1) is 12.3 Å². The van der Waals surface area contributed by atoms with Gasteiger partial charge in [-0.1, -0.05) is 24.6 Å². The molecule has 0 spiro atoms. The topological polar surface area (TPSA) is 103 Å². The molecule has 30 heavy (non-hydrogen) atoms. The summed E-state index contributed by atoms with van der Waals surface area (Å²) in [6, 6.07) is 10.0. The molecule has 1 aromatic heterocycles. The molecule has 1 aromatic carbocycles. The first-order chi connectivity index (χ1) is 14.0. The number of fused-ring (bicyclic) bond motifs is 1. The molecule has 0 saturated heterocycles. The van der Waals surface area contributed by atoms with Gasteiger partial charge in [0, 0.05) is 29.2 Å². The third kappa shape index (κ3) is 7.63. The number of aliphatic hydroxyl groups excluding tert-OH is 1. The highest BCUT2D eigenvalue weighted by atomic mass is 127. The predicted molar refractivity (Wildman–Crippen MR) is 135 cm³/mol. The van der Waals surface area contributed by atoms with Gasteiger partial charge in [-0.15, -0.1) is 35.3 Å². The van der Waals surface area contributed by atoms with E-state index in [1.54, 1.807) is 11.3 Å². The fourth-order valence-electron chi connectivity index (χ4n) is 3.09. The third-order valence-corrected chi connectivity index (χ3v) is 7.58. The van der Waals surface area contributed by atoms with Crippen LogP contribution < -0.4 is 15.4 Å². The number of guanidine groups is 1. The average Bonchev–Trinajstić information content (AvgIpc) is 3.08. The normalized spacial score (nSPS) is 16.0. The molecular formula is C20H31IN4O3S2. The number of sulfonamides is 1. The van der Waals surface area contributed by atoms with Crippen LogP contribution in [0.5, 0.6) is 0 Å². The molecule has 0 amide bonds. The first-order valence-electron chi connectivity index (χ1n) is 10.1. The molecule has 1 aliphatic rings. The highest BCUT2D eigenvalue weighted by Gasteiger charge is 2.20. The van der Waals surface area contributed by atoms with Crippen LogP contribution in [0.25, 0.3) is 10.1 Å². The van der Waals surface area contributed by atoms with Crippen LogP contribution >= 0.6 is 35.3 Å². The molecule has 4 N–H and O–H groups in total. The number of rotatable bonds is 10. The Morgan fingerprint density at radius 3 is 2.73 bits per heavy atom. The fourth-order valence-corrected chi connectivity index (χ4v) is 5.14. The molecule has 0 radical (unpaired) electrons. The molecule has 1 fully saturated rings. The van der Waals surface area contributed by atoms with E-state index in [1.807, 2.05) is 37.3 Å². The lowest BCUT2D eigenvalue weighted by Gasteiger charge is -2.25. The van der Waals surface area contributed by atoms with Gasteiger partial charge in [0.15, 0.2) is 5.96 Å². The van der Waals surface area contributed by atoms with Gasteiger partial charge in [0.2, 0.25) is 10.0 Å². The zero-order valence-corrected chi connectivity index (χ0v) is 21.1. The van der Waals surface area contributed by atoms with Gasteiger partial charge in [0.1, 0.15) is 6.10 Å². The molecule has 1 heterocycles. The number of hydrogen-bond donors (Lipinski definition) is 4. The molecule has 1 aliphatic carbocycles. The Kier molecular flexibility index (Phi) is 10.3. The van der Waals surface area contributed by atoms with E-state index in [0.29, 0.717) is 25.0 Å². The van der Waals surface area contributed by atoms with E-state index >= 15 is 0 Å². The minimum absolute atomic E-state index is 0. The van der Waals surface area contributed by atoms with Crippen molar-refractivity contribution in [2.24, 2.45) is 10.9 Å². The van der Waals surface area contributed by atoms with Crippen LogP contribution in [0, 0.1) is 5.92 Å². The molecule has 0 aliphatic heterocycles. The summed E-state index contributed by atoms with van der Waals surface area (Å²) in [4.78, 5) is 5.28. The molecule has 0 bridgehead atoms. The monoisotopic (exact) mass is 566 g/mol. The number of aliphatic imine (C=N–C) groups is 1. The van der Waals surface area contributed by atoms with Crippen molar-refractivity contribution in [3.8, 4) is 0 Å². The zero-order valence-electron chi connectivity index (χ0n) is 17.1. The quantitative estimate of drug-likeness (QED) is 0.201. The van der Waals surface area contributed by atoms with Crippen LogP contribution in [-0.4, -0.2) is 51.4 Å². The predicted octanol–water partition coefficient (Wildman–Crippen LogP) is 2.83. The maximum Gasteiger partial charge on any atom is 0.213 e. The Bertz CT molecular complexity index is 896. The van der Waals surface area contributed by atoms with E-state index in [-0.39, 0.29) is 42.8 Å². The molecule has 3 rings (SSSR count). The summed E-state index contributed by atoms with van der Waals surface area (Å²) in [6.45, 7) is 3.59. The molecule has 10 heteroatoms. The van der Waals surface area contributed by atoms with Crippen molar-refractivity contribution in [3.05, 3.63) is 35.2 Å². The maximum absolute atomic E-state index is 12.1. The fraction of sp³-hybridized carbons (Fsp3) is 0.550. The molecule has 1 saturated carbocycles. The second kappa shape index (κ2) is 12.2. The van der Waals surface area contributed by atoms with E-state index in [9.17, 15) is 13.5 Å². The Labute approximate surface area is 199 Å². The van der Waals surface area contributed by atoms with Gasteiger partial charge < -0.3 is 15.7 Å². The first kappa shape index (κ1) is 25.3. The molecule has 1 atom stereocenters. The van der Waals surface area contributed by atoms with Gasteiger partial charge in [-0.25, -0.2) is 13.1 Å². The Hall–Kier alpha value is -0.950. The highest BCUT2D eigenvalue weighted by Crippen LogP contribution is 2.29. The van der Waals surface area contributed by atoms with Crippen molar-refractivity contribution in [1.82, 2.24) is 15.4 Å². The van der Waals surface area contributed by atoms with Crippen molar-refractivity contribution < 1.29 is 13.5 Å². The van der Waals surface area contributed by atoms with E-state index in [0.717, 1.165) is 27.8 Å². The second-order valence-corrected chi connectivity index (χ2v) is 10.4. The number of benzene rings is 1. The number of nitrogens with zero attached hydrogens (tertiary/aromatic N) is 1. The molecule has 2 aromatic rings. The average molecular weight is 567 g/mol. The minimum atomic E-state index is -3.30. The van der Waals surface area contributed by atoms with Crippen LogP contribution in [0.1, 0.15) is 37.2 Å². The molecule has 168 valence electrons. The summed E-state index contributed by atoms with van der Waals surface area (Å²) >= 11 is 1.56. The number of thiophene rings is 1. The lowest BCUT2D eigenvalue weighted by Crippen LogP contribution is -2.42. The van der Waals surface area contributed by atoms with Gasteiger partial charge in [0.25, 0.3) is 0 Å². The second-order valence-electron chi connectivity index (χ2n) is 7.31. The summed E-state index contributed by atoms with van der Waals surface area (Å²) in [6.07, 6.45) is 2.72. The number of hydrogen-bond acceptors (Lipinski definition) is 5. The van der Waals surface area contributed by atoms with Crippen molar-refractivity contribution in [3.63, 3.8) is 0 Å². The van der Waals surface area contributed by atoms with E-state index in [1.165, 1.54) is 6.42 Å². The Balaban J connectivity index is 0.00000320. The van der Waals surface area contributed by atoms with Crippen molar-refractivity contribution >= 4 is 61.4 Å². The standard InChI is InChI=1S/C20H30N4O3S2.HI/c1-2-21-20(22-10-11-29(26,27)24-13-15-6-5-7-15)23-14-17(25)19-12-16-8-3-4-9-18(16)28-19;/h3-4,8-9,12,15,17,24-25H,2,5-7,10-11,13-14H2,1H3,(H2,21,22,23);1H. The largest absolute Gasteiger partial charge is 0.386 e. The van der Waals surface area contributed by atoms with E-state index < -0.39 is 16.1 Å². The summed E-state index contributed by atoms with van der Waals surface area (Å²) in [7, 11) is -3.30. The van der Waals surface area contributed by atoms with Gasteiger partial charge in [-0.3, -0.25) is 4.99 Å². The highest BCUT2D eigenvalue weighted by molar-refractivity contribution is 14.0. The van der Waals surface area contributed by atoms with E-state index in [2.05, 4.69) is 20.3 Å². The molecule has 7 nitrogen and oxygen atoms in total. The van der Waals surface area contributed by atoms with Crippen molar-refractivity contribution in [2.75, 3.05) is 31.9 Å². The summed E-state index contributed by atoms with van der Waals surface area (Å²) in [5.41, 5.74) is 0. The van der Waals surface area contributed by atoms with Crippen LogP contribution in [0.4, 0.5) is 0 Å². The van der Waals surface area contributed by atoms with E-state index in [4.69, 9.17) is 0 Å². The lowest BCUT2D eigenvalue weighted by atomic mass is 9.86. The zero-order chi connectivity index (χ0) is 20.7. The Morgan fingerprint density at radius 1 is 1.30 bits per heavy atom. The summed E-state index contributed by atoms with van der Waals surface area (Å²) in [5.74, 6) is 0.983. The van der Waals surface area contributed by atoms with Gasteiger partial charge >= 0.3 is 0 Å². The van der Waals surface area contributed by atoms with Crippen LogP contribution in [-0.2, 0) is 10.0 Å². The molecule has 1 unspecified atom stereocenters. The SMILES string of the molecule is CCNC(=NCC(O)c1cc2ccccc2s1)NCCS(=O)(=O)NCC1CCC1.I. The van der Waals surface area contributed by atoms with Crippen LogP contribution in [0.15, 0.2) is 35.3 Å². The van der Waals surface area contributed by atoms with Gasteiger partial charge in [-0.2, -0.15) is 0 Å². The lowest BCUT2D eigenvalue weighted by molar-refractivity contribution is 0.191. The Morgan fingerprint density at radius 2 is 2.07 bits per heavy atom.